The van der Waals surface area contributed by atoms with E-state index < -0.39 is 11.5 Å². The van der Waals surface area contributed by atoms with Crippen LogP contribution in [0.1, 0.15) is 34.6 Å². The van der Waals surface area contributed by atoms with Crippen molar-refractivity contribution in [2.75, 3.05) is 13.1 Å². The Morgan fingerprint density at radius 2 is 1.42 bits per heavy atom. The largest absolute Gasteiger partial charge is 0.477 e. The lowest BCUT2D eigenvalue weighted by atomic mass is 10.2. The molecule has 2 heterocycles. The van der Waals surface area contributed by atoms with Crippen molar-refractivity contribution in [3.63, 3.8) is 0 Å². The molecule has 128 valence electrons. The molecule has 0 atom stereocenters. The fraction of sp³-hybridized carbons (Fsp3) is 0.250. The fourth-order valence-corrected chi connectivity index (χ4v) is 1.86. The highest BCUT2D eigenvalue weighted by molar-refractivity contribution is 5.93. The number of aromatic amines is 2. The number of hydrogen-bond donors (Lipinski definition) is 3. The third-order valence-electron chi connectivity index (χ3n) is 3.15. The van der Waals surface area contributed by atoms with Crippen molar-refractivity contribution in [1.29, 1.82) is 0 Å². The molecule has 8 heteroatoms. The molecule has 1 amide bonds. The summed E-state index contributed by atoms with van der Waals surface area (Å²) < 4.78 is 0. The second-order valence-electron chi connectivity index (χ2n) is 4.61. The van der Waals surface area contributed by atoms with Gasteiger partial charge in [0, 0.05) is 25.5 Å². The Balaban J connectivity index is 0.000000254. The Bertz CT molecular complexity index is 805. The summed E-state index contributed by atoms with van der Waals surface area (Å²) in [4.78, 5) is 50.2. The Labute approximate surface area is 137 Å². The van der Waals surface area contributed by atoms with Gasteiger partial charge in [-0.2, -0.15) is 0 Å². The minimum absolute atomic E-state index is 0.205. The van der Waals surface area contributed by atoms with E-state index in [1.807, 2.05) is 13.8 Å². The molecule has 24 heavy (non-hydrogen) atoms. The highest BCUT2D eigenvalue weighted by atomic mass is 16.4. The number of amides is 1. The Morgan fingerprint density at radius 1 is 0.958 bits per heavy atom. The first-order valence-electron chi connectivity index (χ1n) is 7.30. The van der Waals surface area contributed by atoms with E-state index in [1.165, 1.54) is 24.5 Å². The van der Waals surface area contributed by atoms with E-state index in [2.05, 4.69) is 9.97 Å². The van der Waals surface area contributed by atoms with Crippen LogP contribution in [0.2, 0.25) is 0 Å². The maximum Gasteiger partial charge on any atom is 0.341 e. The van der Waals surface area contributed by atoms with Crippen molar-refractivity contribution in [3.05, 3.63) is 68.5 Å². The van der Waals surface area contributed by atoms with Gasteiger partial charge in [-0.1, -0.05) is 0 Å². The number of nitrogens with one attached hydrogen (secondary N) is 2. The van der Waals surface area contributed by atoms with Gasteiger partial charge in [-0.3, -0.25) is 14.4 Å². The normalized spacial score (nSPS) is 9.58. The van der Waals surface area contributed by atoms with Crippen molar-refractivity contribution >= 4 is 11.9 Å². The quantitative estimate of drug-likeness (QED) is 0.768. The zero-order valence-corrected chi connectivity index (χ0v) is 13.4. The van der Waals surface area contributed by atoms with Gasteiger partial charge < -0.3 is 20.0 Å². The summed E-state index contributed by atoms with van der Waals surface area (Å²) in [7, 11) is 0. The lowest BCUT2D eigenvalue weighted by molar-refractivity contribution is 0.0694. The summed E-state index contributed by atoms with van der Waals surface area (Å²) in [5, 5.41) is 8.35. The number of carbonyl (C=O) groups is 2. The summed E-state index contributed by atoms with van der Waals surface area (Å²) in [5.74, 6) is -1.42. The minimum Gasteiger partial charge on any atom is -0.477 e. The van der Waals surface area contributed by atoms with Gasteiger partial charge in [0.05, 0.1) is 0 Å². The molecule has 0 radical (unpaired) electrons. The van der Waals surface area contributed by atoms with Crippen LogP contribution in [0.5, 0.6) is 0 Å². The zero-order valence-electron chi connectivity index (χ0n) is 13.4. The number of carboxylic acids is 1. The number of nitrogens with zero attached hydrogens (tertiary/aromatic N) is 1. The van der Waals surface area contributed by atoms with Gasteiger partial charge in [0.15, 0.2) is 0 Å². The van der Waals surface area contributed by atoms with Gasteiger partial charge in [-0.25, -0.2) is 4.79 Å². The average Bonchev–Trinajstić information content (AvgIpc) is 2.57. The predicted octanol–water partition coefficient (Wildman–Crippen LogP) is 0.930. The van der Waals surface area contributed by atoms with Gasteiger partial charge in [-0.05, 0) is 38.1 Å². The third kappa shape index (κ3) is 4.94. The number of H-pyrrole nitrogens is 2. The van der Waals surface area contributed by atoms with Crippen molar-refractivity contribution in [3.8, 4) is 0 Å². The van der Waals surface area contributed by atoms with E-state index in [-0.39, 0.29) is 22.6 Å². The third-order valence-corrected chi connectivity index (χ3v) is 3.15. The molecular weight excluding hydrogens is 314 g/mol. The van der Waals surface area contributed by atoms with Crippen LogP contribution in [0.15, 0.2) is 46.2 Å². The molecule has 0 saturated heterocycles. The second-order valence-corrected chi connectivity index (χ2v) is 4.61. The molecule has 0 aliphatic heterocycles. The van der Waals surface area contributed by atoms with Crippen molar-refractivity contribution in [1.82, 2.24) is 14.9 Å². The summed E-state index contributed by atoms with van der Waals surface area (Å²) in [6.45, 7) is 5.00. The summed E-state index contributed by atoms with van der Waals surface area (Å²) in [6.07, 6.45) is 2.90. The first-order chi connectivity index (χ1) is 11.4. The first-order valence-corrected chi connectivity index (χ1v) is 7.30. The maximum atomic E-state index is 11.7. The number of rotatable bonds is 4. The molecule has 0 fully saturated rings. The highest BCUT2D eigenvalue weighted by Gasteiger charge is 2.14. The Morgan fingerprint density at radius 3 is 1.75 bits per heavy atom. The molecule has 0 saturated carbocycles. The molecule has 0 aromatic carbocycles. The van der Waals surface area contributed by atoms with E-state index in [0.29, 0.717) is 13.1 Å². The number of aromatic carboxylic acids is 1. The summed E-state index contributed by atoms with van der Waals surface area (Å²) >= 11 is 0. The Hall–Kier alpha value is -3.16. The van der Waals surface area contributed by atoms with Crippen molar-refractivity contribution in [2.45, 2.75) is 13.8 Å². The molecule has 8 nitrogen and oxygen atoms in total. The van der Waals surface area contributed by atoms with Gasteiger partial charge in [0.1, 0.15) is 11.1 Å². The summed E-state index contributed by atoms with van der Waals surface area (Å²) in [5.41, 5.74) is -0.932. The van der Waals surface area contributed by atoms with Gasteiger partial charge in [-0.15, -0.1) is 0 Å². The molecule has 0 unspecified atom stereocenters. The van der Waals surface area contributed by atoms with Crippen molar-refractivity contribution < 1.29 is 14.7 Å². The van der Waals surface area contributed by atoms with E-state index in [1.54, 1.807) is 17.0 Å². The van der Waals surface area contributed by atoms with E-state index >= 15 is 0 Å². The maximum absolute atomic E-state index is 11.7. The van der Waals surface area contributed by atoms with Crippen LogP contribution in [-0.2, 0) is 0 Å². The van der Waals surface area contributed by atoms with Gasteiger partial charge in [0.2, 0.25) is 0 Å². The molecule has 2 rings (SSSR count). The molecule has 3 N–H and O–H groups in total. The van der Waals surface area contributed by atoms with Crippen molar-refractivity contribution in [2.24, 2.45) is 0 Å². The lowest BCUT2D eigenvalue weighted by Gasteiger charge is -2.17. The molecule has 0 aliphatic carbocycles. The van der Waals surface area contributed by atoms with Crippen LogP contribution >= 0.6 is 0 Å². The van der Waals surface area contributed by atoms with Crippen LogP contribution in [-0.4, -0.2) is 44.9 Å². The number of hydrogen-bond acceptors (Lipinski definition) is 4. The average molecular weight is 333 g/mol. The SMILES string of the molecule is CCN(CC)C(=O)c1ccc[nH]c1=O.O=C(O)c1ccc[nH]c1=O. The Kier molecular flexibility index (Phi) is 7.15. The van der Waals surface area contributed by atoms with E-state index in [9.17, 15) is 19.2 Å². The number of pyridine rings is 2. The molecule has 0 spiro atoms. The predicted molar refractivity (Wildman–Crippen MR) is 88.3 cm³/mol. The van der Waals surface area contributed by atoms with Crippen LogP contribution in [0, 0.1) is 0 Å². The van der Waals surface area contributed by atoms with Crippen LogP contribution in [0.3, 0.4) is 0 Å². The van der Waals surface area contributed by atoms with Crippen LogP contribution in [0.25, 0.3) is 0 Å². The topological polar surface area (TPSA) is 123 Å². The second kappa shape index (κ2) is 9.09. The minimum atomic E-state index is -1.21. The lowest BCUT2D eigenvalue weighted by Crippen LogP contribution is -2.34. The van der Waals surface area contributed by atoms with E-state index in [0.717, 1.165) is 0 Å². The molecule has 2 aromatic rings. The summed E-state index contributed by atoms with van der Waals surface area (Å²) in [6, 6.07) is 5.91. The molecule has 0 aliphatic rings. The molecular formula is C16H19N3O5. The molecule has 2 aromatic heterocycles. The first kappa shape index (κ1) is 18.9. The fourth-order valence-electron chi connectivity index (χ4n) is 1.86. The van der Waals surface area contributed by atoms with Crippen LogP contribution < -0.4 is 11.1 Å². The van der Waals surface area contributed by atoms with Crippen LogP contribution in [0.4, 0.5) is 0 Å². The van der Waals surface area contributed by atoms with E-state index in [4.69, 9.17) is 5.11 Å². The number of carbonyl (C=O) groups excluding carboxylic acids is 1. The molecule has 0 bridgehead atoms. The zero-order chi connectivity index (χ0) is 18.1. The monoisotopic (exact) mass is 333 g/mol. The van der Waals surface area contributed by atoms with Gasteiger partial charge in [0.25, 0.3) is 17.0 Å². The van der Waals surface area contributed by atoms with Gasteiger partial charge >= 0.3 is 5.97 Å². The smallest absolute Gasteiger partial charge is 0.341 e. The standard InChI is InChI=1S/C10H14N2O2.C6H5NO3/c1-3-12(4-2)10(14)8-6-5-7-11-9(8)13;8-5-4(6(9)10)2-1-3-7-5/h5-7H,3-4H2,1-2H3,(H,11,13);1-3H,(H,7,8)(H,9,10). The number of aromatic nitrogens is 2. The number of carboxylic acid groups (broad SMARTS) is 1. The highest BCUT2D eigenvalue weighted by Crippen LogP contribution is 1.98.